The Morgan fingerprint density at radius 1 is 1.42 bits per heavy atom. The lowest BCUT2D eigenvalue weighted by atomic mass is 10.0. The lowest BCUT2D eigenvalue weighted by Gasteiger charge is -2.12. The Morgan fingerprint density at radius 2 is 2.00 bits per heavy atom. The molecule has 4 heteroatoms. The molecule has 0 aliphatic heterocycles. The van der Waals surface area contributed by atoms with E-state index >= 15 is 0 Å². The van der Waals surface area contributed by atoms with E-state index in [0.29, 0.717) is 0 Å². The Bertz CT molecular complexity index is 270. The van der Waals surface area contributed by atoms with E-state index in [1.165, 1.54) is 0 Å². The van der Waals surface area contributed by atoms with Gasteiger partial charge < -0.3 is 5.11 Å². The van der Waals surface area contributed by atoms with Crippen LogP contribution in [0.2, 0.25) is 0 Å². The predicted octanol–water partition coefficient (Wildman–Crippen LogP) is 3.96. The Balaban J connectivity index is 2.94. The zero-order chi connectivity index (χ0) is 9.30. The Hall–Kier alpha value is 0.620. The summed E-state index contributed by atoms with van der Waals surface area (Å²) < 4.78 is 2.06. The highest BCUT2D eigenvalue weighted by Crippen LogP contribution is 2.37. The quantitative estimate of drug-likeness (QED) is 0.876. The third-order valence-corrected chi connectivity index (χ3v) is 4.02. The summed E-state index contributed by atoms with van der Waals surface area (Å²) in [6.07, 6.45) is -0.373. The van der Waals surface area contributed by atoms with Gasteiger partial charge >= 0.3 is 0 Å². The molecule has 0 aromatic carbocycles. The molecule has 0 saturated carbocycles. The van der Waals surface area contributed by atoms with Crippen molar-refractivity contribution < 1.29 is 5.11 Å². The highest BCUT2D eigenvalue weighted by Gasteiger charge is 2.17. The van der Waals surface area contributed by atoms with Crippen molar-refractivity contribution in [3.63, 3.8) is 0 Å². The molecule has 1 aromatic rings. The van der Waals surface area contributed by atoms with Gasteiger partial charge in [0, 0.05) is 5.56 Å². The summed E-state index contributed by atoms with van der Waals surface area (Å²) in [5.74, 6) is 0.253. The molecule has 1 heterocycles. The highest BCUT2D eigenvalue weighted by atomic mass is 79.9. The first kappa shape index (κ1) is 10.7. The lowest BCUT2D eigenvalue weighted by molar-refractivity contribution is 0.126. The van der Waals surface area contributed by atoms with Crippen molar-refractivity contribution in [2.24, 2.45) is 5.92 Å². The first-order valence-electron chi connectivity index (χ1n) is 3.65. The molecule has 0 radical (unpaired) electrons. The summed E-state index contributed by atoms with van der Waals surface area (Å²) in [5, 5.41) is 9.75. The molecule has 0 bridgehead atoms. The zero-order valence-electron chi connectivity index (χ0n) is 6.84. The molecule has 0 saturated heterocycles. The molecule has 0 fully saturated rings. The Morgan fingerprint density at radius 3 is 2.33 bits per heavy atom. The van der Waals surface area contributed by atoms with E-state index < -0.39 is 0 Å². The molecule has 1 N–H and O–H groups in total. The van der Waals surface area contributed by atoms with Crippen LogP contribution in [0.1, 0.15) is 25.5 Å². The van der Waals surface area contributed by atoms with E-state index in [-0.39, 0.29) is 12.0 Å². The number of aliphatic hydroxyl groups is 1. The predicted molar refractivity (Wildman–Crippen MR) is 59.5 cm³/mol. The summed E-state index contributed by atoms with van der Waals surface area (Å²) >= 11 is 8.38. The van der Waals surface area contributed by atoms with Crippen molar-refractivity contribution in [2.75, 3.05) is 0 Å². The van der Waals surface area contributed by atoms with Gasteiger partial charge in [0.05, 0.1) is 13.7 Å². The van der Waals surface area contributed by atoms with Gasteiger partial charge in [0.25, 0.3) is 0 Å². The van der Waals surface area contributed by atoms with Crippen molar-refractivity contribution in [3.05, 3.63) is 19.2 Å². The second kappa shape index (κ2) is 4.22. The van der Waals surface area contributed by atoms with Gasteiger partial charge in [0.2, 0.25) is 0 Å². The zero-order valence-corrected chi connectivity index (χ0v) is 10.8. The fraction of sp³-hybridized carbons (Fsp3) is 0.500. The number of hydrogen-bond acceptors (Lipinski definition) is 2. The molecule has 1 unspecified atom stereocenters. The molecule has 0 amide bonds. The van der Waals surface area contributed by atoms with Gasteiger partial charge in [0.15, 0.2) is 0 Å². The molecular weight excluding hydrogens is 304 g/mol. The normalized spacial score (nSPS) is 13.8. The van der Waals surface area contributed by atoms with E-state index in [0.717, 1.165) is 13.1 Å². The lowest BCUT2D eigenvalue weighted by Crippen LogP contribution is -2.04. The Labute approximate surface area is 93.1 Å². The molecule has 0 spiro atoms. The van der Waals surface area contributed by atoms with E-state index in [9.17, 15) is 5.11 Å². The molecule has 1 rings (SSSR count). The minimum atomic E-state index is -0.373. The van der Waals surface area contributed by atoms with Crippen LogP contribution < -0.4 is 0 Å². The van der Waals surface area contributed by atoms with Gasteiger partial charge in [-0.15, -0.1) is 11.3 Å². The smallest absolute Gasteiger partial charge is 0.0832 e. The van der Waals surface area contributed by atoms with Crippen molar-refractivity contribution in [2.45, 2.75) is 20.0 Å². The number of thiophene rings is 1. The van der Waals surface area contributed by atoms with Crippen LogP contribution in [-0.4, -0.2) is 5.11 Å². The maximum atomic E-state index is 9.75. The SMILES string of the molecule is CC(C)C(O)c1cc(Br)sc1Br. The van der Waals surface area contributed by atoms with Gasteiger partial charge in [-0.2, -0.15) is 0 Å². The first-order valence-corrected chi connectivity index (χ1v) is 6.05. The second-order valence-corrected chi connectivity index (χ2v) is 6.72. The van der Waals surface area contributed by atoms with Crippen molar-refractivity contribution in [1.82, 2.24) is 0 Å². The van der Waals surface area contributed by atoms with Crippen LogP contribution in [-0.2, 0) is 0 Å². The average molecular weight is 314 g/mol. The van der Waals surface area contributed by atoms with Gasteiger partial charge in [-0.25, -0.2) is 0 Å². The van der Waals surface area contributed by atoms with E-state index in [4.69, 9.17) is 0 Å². The summed E-state index contributed by atoms with van der Waals surface area (Å²) in [7, 11) is 0. The summed E-state index contributed by atoms with van der Waals surface area (Å²) in [5.41, 5.74) is 0.974. The Kier molecular flexibility index (Phi) is 3.76. The topological polar surface area (TPSA) is 20.2 Å². The van der Waals surface area contributed by atoms with Crippen LogP contribution >= 0.6 is 43.2 Å². The molecule has 0 aliphatic carbocycles. The summed E-state index contributed by atoms with van der Waals surface area (Å²) in [4.78, 5) is 0. The fourth-order valence-corrected chi connectivity index (χ4v) is 3.82. The standard InChI is InChI=1S/C8H10Br2OS/c1-4(2)7(11)5-3-6(9)12-8(5)10/h3-4,7,11H,1-2H3. The molecular formula is C8H10Br2OS. The molecule has 1 aromatic heterocycles. The van der Waals surface area contributed by atoms with E-state index in [1.807, 2.05) is 19.9 Å². The monoisotopic (exact) mass is 312 g/mol. The highest BCUT2D eigenvalue weighted by molar-refractivity contribution is 9.12. The van der Waals surface area contributed by atoms with Crippen LogP contribution in [0.15, 0.2) is 13.6 Å². The third kappa shape index (κ3) is 2.31. The van der Waals surface area contributed by atoms with Crippen LogP contribution in [0.5, 0.6) is 0 Å². The van der Waals surface area contributed by atoms with Gasteiger partial charge in [-0.1, -0.05) is 13.8 Å². The van der Waals surface area contributed by atoms with Crippen molar-refractivity contribution in [3.8, 4) is 0 Å². The number of aliphatic hydroxyl groups excluding tert-OH is 1. The largest absolute Gasteiger partial charge is 0.388 e. The number of rotatable bonds is 2. The first-order chi connectivity index (χ1) is 5.52. The van der Waals surface area contributed by atoms with Gasteiger partial charge in [-0.3, -0.25) is 0 Å². The molecule has 12 heavy (non-hydrogen) atoms. The maximum absolute atomic E-state index is 9.75. The molecule has 1 nitrogen and oxygen atoms in total. The van der Waals surface area contributed by atoms with Gasteiger partial charge in [0.1, 0.15) is 0 Å². The summed E-state index contributed by atoms with van der Waals surface area (Å²) in [6, 6.07) is 1.96. The average Bonchev–Trinajstić information content (AvgIpc) is 2.28. The van der Waals surface area contributed by atoms with Crippen LogP contribution in [0, 0.1) is 5.92 Å². The van der Waals surface area contributed by atoms with E-state index in [1.54, 1.807) is 11.3 Å². The third-order valence-electron chi connectivity index (χ3n) is 1.63. The van der Waals surface area contributed by atoms with Gasteiger partial charge in [-0.05, 0) is 43.8 Å². The minimum Gasteiger partial charge on any atom is -0.388 e. The van der Waals surface area contributed by atoms with Crippen LogP contribution in [0.25, 0.3) is 0 Å². The number of halogens is 2. The molecule has 68 valence electrons. The van der Waals surface area contributed by atoms with Crippen molar-refractivity contribution >= 4 is 43.2 Å². The van der Waals surface area contributed by atoms with E-state index in [2.05, 4.69) is 31.9 Å². The number of hydrogen-bond donors (Lipinski definition) is 1. The van der Waals surface area contributed by atoms with Crippen molar-refractivity contribution in [1.29, 1.82) is 0 Å². The minimum absolute atomic E-state index is 0.253. The second-order valence-electron chi connectivity index (χ2n) is 2.97. The molecule has 0 aliphatic rings. The maximum Gasteiger partial charge on any atom is 0.0832 e. The molecule has 1 atom stereocenters. The van der Waals surface area contributed by atoms with Crippen LogP contribution in [0.4, 0.5) is 0 Å². The van der Waals surface area contributed by atoms with Crippen LogP contribution in [0.3, 0.4) is 0 Å². The summed E-state index contributed by atoms with van der Waals surface area (Å²) in [6.45, 7) is 4.01. The fourth-order valence-electron chi connectivity index (χ4n) is 0.914.